The first kappa shape index (κ1) is 17.1. The average Bonchev–Trinajstić information content (AvgIpc) is 2.66. The molecule has 0 fully saturated rings. The van der Waals surface area contributed by atoms with E-state index in [2.05, 4.69) is 26.7 Å². The highest BCUT2D eigenvalue weighted by Gasteiger charge is 2.09. The van der Waals surface area contributed by atoms with Crippen molar-refractivity contribution in [2.45, 2.75) is 13.8 Å². The zero-order valence-electron chi connectivity index (χ0n) is 14.4. The monoisotopic (exact) mass is 343 g/mol. The summed E-state index contributed by atoms with van der Waals surface area (Å²) < 4.78 is 0. The maximum absolute atomic E-state index is 12.4. The number of carbonyl (C=O) groups excluding carboxylic acids is 1. The second kappa shape index (κ2) is 7.45. The Hall–Kier alpha value is -3.72. The quantitative estimate of drug-likeness (QED) is 0.748. The van der Waals surface area contributed by atoms with E-state index in [1.54, 1.807) is 24.3 Å². The first-order valence-corrected chi connectivity index (χ1v) is 8.03. The van der Waals surface area contributed by atoms with Gasteiger partial charge in [0.15, 0.2) is 0 Å². The SMILES string of the molecule is Cc1ccc(C)c(NC(=O)c2cnc(Nc3ccc(C#N)cc3)nc2)c1. The van der Waals surface area contributed by atoms with Crippen molar-refractivity contribution >= 4 is 23.2 Å². The molecule has 0 bridgehead atoms. The fraction of sp³-hybridized carbons (Fsp3) is 0.100. The van der Waals surface area contributed by atoms with Crippen LogP contribution in [0.25, 0.3) is 0 Å². The lowest BCUT2D eigenvalue weighted by Gasteiger charge is -2.09. The second-order valence-corrected chi connectivity index (χ2v) is 5.88. The molecule has 0 aliphatic rings. The van der Waals surface area contributed by atoms with Crippen LogP contribution in [0.15, 0.2) is 54.9 Å². The summed E-state index contributed by atoms with van der Waals surface area (Å²) in [5.74, 6) is 0.113. The molecule has 1 amide bonds. The second-order valence-electron chi connectivity index (χ2n) is 5.88. The highest BCUT2D eigenvalue weighted by Crippen LogP contribution is 2.18. The molecule has 6 nitrogen and oxygen atoms in total. The average molecular weight is 343 g/mol. The van der Waals surface area contributed by atoms with Gasteiger partial charge in [0.2, 0.25) is 5.95 Å². The fourth-order valence-electron chi connectivity index (χ4n) is 2.33. The fourth-order valence-corrected chi connectivity index (χ4v) is 2.33. The van der Waals surface area contributed by atoms with Crippen LogP contribution in [0.1, 0.15) is 27.0 Å². The molecule has 2 N–H and O–H groups in total. The van der Waals surface area contributed by atoms with Gasteiger partial charge in [-0.3, -0.25) is 4.79 Å². The summed E-state index contributed by atoms with van der Waals surface area (Å²) in [5.41, 5.74) is 4.55. The van der Waals surface area contributed by atoms with Crippen LogP contribution in [0, 0.1) is 25.2 Å². The molecule has 3 aromatic rings. The maximum atomic E-state index is 12.4. The Morgan fingerprint density at radius 2 is 1.73 bits per heavy atom. The molecule has 6 heteroatoms. The van der Waals surface area contributed by atoms with Gasteiger partial charge in [-0.05, 0) is 55.3 Å². The first-order valence-electron chi connectivity index (χ1n) is 8.03. The van der Waals surface area contributed by atoms with Crippen LogP contribution in [0.4, 0.5) is 17.3 Å². The van der Waals surface area contributed by atoms with Crippen molar-refractivity contribution in [2.75, 3.05) is 10.6 Å². The number of nitrogens with one attached hydrogen (secondary N) is 2. The van der Waals surface area contributed by atoms with E-state index in [-0.39, 0.29) is 5.91 Å². The number of nitriles is 1. The highest BCUT2D eigenvalue weighted by atomic mass is 16.1. The van der Waals surface area contributed by atoms with Crippen LogP contribution in [-0.4, -0.2) is 15.9 Å². The number of aryl methyl sites for hydroxylation is 2. The number of aromatic nitrogens is 2. The lowest BCUT2D eigenvalue weighted by Crippen LogP contribution is -2.14. The van der Waals surface area contributed by atoms with Gasteiger partial charge < -0.3 is 10.6 Å². The van der Waals surface area contributed by atoms with Crippen LogP contribution in [0.2, 0.25) is 0 Å². The summed E-state index contributed by atoms with van der Waals surface area (Å²) in [5, 5.41) is 14.7. The summed E-state index contributed by atoms with van der Waals surface area (Å²) >= 11 is 0. The van der Waals surface area contributed by atoms with Crippen LogP contribution in [0.3, 0.4) is 0 Å². The summed E-state index contributed by atoms with van der Waals surface area (Å²) in [6, 6.07) is 14.9. The molecular weight excluding hydrogens is 326 g/mol. The van der Waals surface area contributed by atoms with Crippen LogP contribution in [-0.2, 0) is 0 Å². The van der Waals surface area contributed by atoms with Gasteiger partial charge in [0.05, 0.1) is 17.2 Å². The van der Waals surface area contributed by atoms with Crippen molar-refractivity contribution in [2.24, 2.45) is 0 Å². The van der Waals surface area contributed by atoms with E-state index in [1.807, 2.05) is 32.0 Å². The molecule has 26 heavy (non-hydrogen) atoms. The topological polar surface area (TPSA) is 90.7 Å². The molecule has 0 radical (unpaired) electrons. The summed E-state index contributed by atoms with van der Waals surface area (Å²) in [6.45, 7) is 3.91. The molecule has 2 aromatic carbocycles. The number of nitrogens with zero attached hydrogens (tertiary/aromatic N) is 3. The van der Waals surface area contributed by atoms with E-state index in [9.17, 15) is 4.79 Å². The van der Waals surface area contributed by atoms with Gasteiger partial charge in [-0.2, -0.15) is 5.26 Å². The third kappa shape index (κ3) is 4.02. The molecular formula is C20H17N5O. The van der Waals surface area contributed by atoms with Crippen molar-refractivity contribution in [1.82, 2.24) is 9.97 Å². The lowest BCUT2D eigenvalue weighted by atomic mass is 10.1. The van der Waals surface area contributed by atoms with Gasteiger partial charge in [-0.15, -0.1) is 0 Å². The largest absolute Gasteiger partial charge is 0.324 e. The molecule has 0 saturated heterocycles. The molecule has 3 rings (SSSR count). The van der Waals surface area contributed by atoms with Crippen molar-refractivity contribution in [3.63, 3.8) is 0 Å². The first-order chi connectivity index (χ1) is 12.5. The Balaban J connectivity index is 1.69. The van der Waals surface area contributed by atoms with Crippen molar-refractivity contribution < 1.29 is 4.79 Å². The highest BCUT2D eigenvalue weighted by molar-refractivity contribution is 6.04. The third-order valence-electron chi connectivity index (χ3n) is 3.83. The molecule has 0 aliphatic heterocycles. The summed E-state index contributed by atoms with van der Waals surface area (Å²) in [6.07, 6.45) is 2.94. The minimum atomic E-state index is -0.261. The maximum Gasteiger partial charge on any atom is 0.258 e. The van der Waals surface area contributed by atoms with E-state index in [4.69, 9.17) is 5.26 Å². The number of carbonyl (C=O) groups is 1. The molecule has 0 aliphatic carbocycles. The predicted octanol–water partition coefficient (Wildman–Crippen LogP) is 3.96. The Morgan fingerprint density at radius 3 is 2.38 bits per heavy atom. The lowest BCUT2D eigenvalue weighted by molar-refractivity contribution is 0.102. The molecule has 0 unspecified atom stereocenters. The minimum absolute atomic E-state index is 0.261. The Kier molecular flexibility index (Phi) is 4.90. The van der Waals surface area contributed by atoms with Crippen molar-refractivity contribution in [3.8, 4) is 6.07 Å². The molecule has 0 atom stereocenters. The Bertz CT molecular complexity index is 973. The van der Waals surface area contributed by atoms with E-state index in [0.29, 0.717) is 17.1 Å². The normalized spacial score (nSPS) is 10.0. The molecule has 0 saturated carbocycles. The van der Waals surface area contributed by atoms with Gasteiger partial charge >= 0.3 is 0 Å². The molecule has 128 valence electrons. The number of anilines is 3. The van der Waals surface area contributed by atoms with Crippen LogP contribution in [0.5, 0.6) is 0 Å². The zero-order valence-corrected chi connectivity index (χ0v) is 14.4. The van der Waals surface area contributed by atoms with E-state index >= 15 is 0 Å². The standard InChI is InChI=1S/C20H17N5O/c1-13-3-4-14(2)18(9-13)25-19(26)16-11-22-20(23-12-16)24-17-7-5-15(10-21)6-8-17/h3-9,11-12H,1-2H3,(H,25,26)(H,22,23,24). The number of amides is 1. The van der Waals surface area contributed by atoms with E-state index in [1.165, 1.54) is 12.4 Å². The van der Waals surface area contributed by atoms with Crippen molar-refractivity contribution in [1.29, 1.82) is 5.26 Å². The summed E-state index contributed by atoms with van der Waals surface area (Å²) in [4.78, 5) is 20.7. The van der Waals surface area contributed by atoms with Crippen LogP contribution < -0.4 is 10.6 Å². The number of hydrogen-bond donors (Lipinski definition) is 2. The van der Waals surface area contributed by atoms with Crippen molar-refractivity contribution in [3.05, 3.63) is 77.1 Å². The molecule has 1 aromatic heterocycles. The number of hydrogen-bond acceptors (Lipinski definition) is 5. The summed E-state index contributed by atoms with van der Waals surface area (Å²) in [7, 11) is 0. The van der Waals surface area contributed by atoms with Gasteiger partial charge in [0.25, 0.3) is 5.91 Å². The Labute approximate surface area is 151 Å². The van der Waals surface area contributed by atoms with Gasteiger partial charge in [-0.25, -0.2) is 9.97 Å². The van der Waals surface area contributed by atoms with Gasteiger partial charge in [-0.1, -0.05) is 12.1 Å². The minimum Gasteiger partial charge on any atom is -0.324 e. The third-order valence-corrected chi connectivity index (χ3v) is 3.83. The van der Waals surface area contributed by atoms with E-state index < -0.39 is 0 Å². The van der Waals surface area contributed by atoms with Gasteiger partial charge in [0, 0.05) is 23.8 Å². The van der Waals surface area contributed by atoms with Gasteiger partial charge in [0.1, 0.15) is 0 Å². The predicted molar refractivity (Wildman–Crippen MR) is 100 cm³/mol. The van der Waals surface area contributed by atoms with Crippen LogP contribution >= 0.6 is 0 Å². The number of rotatable bonds is 4. The Morgan fingerprint density at radius 1 is 1.04 bits per heavy atom. The van der Waals surface area contributed by atoms with E-state index in [0.717, 1.165) is 22.5 Å². The molecule has 0 spiro atoms. The number of benzene rings is 2. The zero-order chi connectivity index (χ0) is 18.5. The molecule has 1 heterocycles. The smallest absolute Gasteiger partial charge is 0.258 e.